The van der Waals surface area contributed by atoms with Crippen molar-refractivity contribution in [1.29, 1.82) is 0 Å². The number of hydrogen-bond acceptors (Lipinski definition) is 5. The number of ether oxygens (including phenoxy) is 2. The van der Waals surface area contributed by atoms with Crippen LogP contribution in [-0.2, 0) is 20.9 Å². The van der Waals surface area contributed by atoms with E-state index >= 15 is 0 Å². The summed E-state index contributed by atoms with van der Waals surface area (Å²) >= 11 is 0. The second kappa shape index (κ2) is 9.97. The molecule has 30 heavy (non-hydrogen) atoms. The molecule has 0 saturated heterocycles. The first-order chi connectivity index (χ1) is 14.5. The van der Waals surface area contributed by atoms with Crippen LogP contribution in [0.5, 0.6) is 11.5 Å². The molecule has 0 aliphatic rings. The molecule has 1 amide bonds. The van der Waals surface area contributed by atoms with Crippen LogP contribution in [0.15, 0.2) is 73.1 Å². The van der Waals surface area contributed by atoms with Crippen molar-refractivity contribution in [3.05, 3.63) is 90.0 Å². The van der Waals surface area contributed by atoms with E-state index in [0.717, 1.165) is 5.56 Å². The lowest BCUT2D eigenvalue weighted by Gasteiger charge is -2.07. The van der Waals surface area contributed by atoms with Crippen molar-refractivity contribution < 1.29 is 23.5 Å². The largest absolute Gasteiger partial charge is 0.458 e. The highest BCUT2D eigenvalue weighted by Crippen LogP contribution is 2.24. The number of benzene rings is 2. The van der Waals surface area contributed by atoms with Gasteiger partial charge in [-0.2, -0.15) is 0 Å². The Balaban J connectivity index is 1.53. The maximum atomic E-state index is 14.2. The van der Waals surface area contributed by atoms with Crippen LogP contribution in [0.2, 0.25) is 0 Å². The van der Waals surface area contributed by atoms with Gasteiger partial charge in [-0.25, -0.2) is 9.18 Å². The van der Waals surface area contributed by atoms with Crippen LogP contribution in [0.25, 0.3) is 6.08 Å². The zero-order chi connectivity index (χ0) is 21.3. The summed E-state index contributed by atoms with van der Waals surface area (Å²) in [4.78, 5) is 26.8. The highest BCUT2D eigenvalue weighted by molar-refractivity contribution is 5.88. The van der Waals surface area contributed by atoms with Crippen LogP contribution in [0.1, 0.15) is 18.1 Å². The van der Waals surface area contributed by atoms with Gasteiger partial charge >= 0.3 is 5.97 Å². The number of anilines is 1. The van der Waals surface area contributed by atoms with Crippen molar-refractivity contribution in [1.82, 2.24) is 4.98 Å². The summed E-state index contributed by atoms with van der Waals surface area (Å²) in [5, 5.41) is 2.66. The van der Waals surface area contributed by atoms with Gasteiger partial charge in [-0.1, -0.05) is 18.2 Å². The van der Waals surface area contributed by atoms with Gasteiger partial charge in [0, 0.05) is 24.9 Å². The molecule has 0 radical (unpaired) electrons. The van der Waals surface area contributed by atoms with Crippen molar-refractivity contribution in [3.8, 4) is 11.5 Å². The molecule has 0 saturated carbocycles. The number of rotatable bonds is 7. The number of esters is 1. The second-order valence-electron chi connectivity index (χ2n) is 6.30. The van der Waals surface area contributed by atoms with Gasteiger partial charge in [0.15, 0.2) is 11.6 Å². The van der Waals surface area contributed by atoms with Crippen molar-refractivity contribution in [2.45, 2.75) is 13.5 Å². The Bertz CT molecular complexity index is 1050. The first-order valence-electron chi connectivity index (χ1n) is 9.08. The predicted molar refractivity (Wildman–Crippen MR) is 110 cm³/mol. The van der Waals surface area contributed by atoms with E-state index in [1.54, 1.807) is 48.7 Å². The summed E-state index contributed by atoms with van der Waals surface area (Å²) in [7, 11) is 0. The van der Waals surface area contributed by atoms with Gasteiger partial charge in [0.05, 0.1) is 6.20 Å². The lowest BCUT2D eigenvalue weighted by molar-refractivity contribution is -0.138. The lowest BCUT2D eigenvalue weighted by atomic mass is 10.2. The van der Waals surface area contributed by atoms with E-state index in [4.69, 9.17) is 9.47 Å². The fraction of sp³-hybridized carbons (Fsp3) is 0.0870. The number of hydrogen-bond donors (Lipinski definition) is 1. The van der Waals surface area contributed by atoms with Crippen molar-refractivity contribution in [3.63, 3.8) is 0 Å². The van der Waals surface area contributed by atoms with Crippen LogP contribution in [-0.4, -0.2) is 16.9 Å². The molecule has 0 bridgehead atoms. The van der Waals surface area contributed by atoms with Crippen LogP contribution >= 0.6 is 0 Å². The molecule has 1 N–H and O–H groups in total. The molecule has 152 valence electrons. The zero-order valence-corrected chi connectivity index (χ0v) is 16.2. The Labute approximate surface area is 173 Å². The van der Waals surface area contributed by atoms with Gasteiger partial charge in [-0.05, 0) is 53.6 Å². The lowest BCUT2D eigenvalue weighted by Crippen LogP contribution is -2.06. The summed E-state index contributed by atoms with van der Waals surface area (Å²) in [6.45, 7) is 1.50. The average molecular weight is 406 g/mol. The second-order valence-corrected chi connectivity index (χ2v) is 6.30. The summed E-state index contributed by atoms with van der Waals surface area (Å²) in [6.07, 6.45) is 5.76. The highest BCUT2D eigenvalue weighted by Gasteiger charge is 2.06. The zero-order valence-electron chi connectivity index (χ0n) is 16.2. The molecule has 0 unspecified atom stereocenters. The van der Waals surface area contributed by atoms with Crippen LogP contribution in [0.4, 0.5) is 10.1 Å². The molecular formula is C23H19FN2O4. The number of nitrogens with one attached hydrogen (secondary N) is 1. The van der Waals surface area contributed by atoms with Gasteiger partial charge in [0.1, 0.15) is 12.4 Å². The molecule has 6 nitrogen and oxygen atoms in total. The van der Waals surface area contributed by atoms with Gasteiger partial charge in [0.25, 0.3) is 0 Å². The number of nitrogens with zero attached hydrogens (tertiary/aromatic N) is 1. The van der Waals surface area contributed by atoms with E-state index in [9.17, 15) is 14.0 Å². The van der Waals surface area contributed by atoms with Gasteiger partial charge in [-0.3, -0.25) is 9.78 Å². The third-order valence-electron chi connectivity index (χ3n) is 3.89. The maximum absolute atomic E-state index is 14.2. The van der Waals surface area contributed by atoms with Crippen molar-refractivity contribution >= 4 is 23.6 Å². The molecule has 3 aromatic rings. The van der Waals surface area contributed by atoms with Gasteiger partial charge < -0.3 is 14.8 Å². The fourth-order valence-electron chi connectivity index (χ4n) is 2.49. The molecule has 0 fully saturated rings. The minimum Gasteiger partial charge on any atom is -0.458 e. The molecule has 1 aromatic heterocycles. The van der Waals surface area contributed by atoms with Gasteiger partial charge in [-0.15, -0.1) is 0 Å². The van der Waals surface area contributed by atoms with E-state index in [0.29, 0.717) is 17.0 Å². The summed E-state index contributed by atoms with van der Waals surface area (Å²) in [5.74, 6) is -0.795. The van der Waals surface area contributed by atoms with E-state index in [1.807, 2.05) is 0 Å². The quantitative estimate of drug-likeness (QED) is 0.453. The monoisotopic (exact) mass is 406 g/mol. The Morgan fingerprint density at radius 3 is 2.60 bits per heavy atom. The predicted octanol–water partition coefficient (Wildman–Crippen LogP) is 4.73. The number of aromatic nitrogens is 1. The van der Waals surface area contributed by atoms with Crippen molar-refractivity contribution in [2.24, 2.45) is 0 Å². The Kier molecular flexibility index (Phi) is 6.89. The Hall–Kier alpha value is -4.00. The van der Waals surface area contributed by atoms with E-state index < -0.39 is 11.8 Å². The highest BCUT2D eigenvalue weighted by atomic mass is 19.1. The smallest absolute Gasteiger partial charge is 0.331 e. The molecule has 0 aliphatic carbocycles. The minimum absolute atomic E-state index is 0.0606. The molecule has 3 rings (SSSR count). The molecule has 0 atom stereocenters. The standard InChI is InChI=1S/C23H19FN2O4/c1-16(27)26-19-8-4-18(5-9-19)15-29-23(28)11-7-17-6-10-22(21(24)13-17)30-20-3-2-12-25-14-20/h2-14H,15H2,1H3,(H,26,27)/b11-7+. The third kappa shape index (κ3) is 6.27. The average Bonchev–Trinajstić information content (AvgIpc) is 2.74. The number of pyridine rings is 1. The van der Waals surface area contributed by atoms with E-state index in [-0.39, 0.29) is 18.3 Å². The molecule has 2 aromatic carbocycles. The number of amides is 1. The first kappa shape index (κ1) is 20.7. The summed E-state index contributed by atoms with van der Waals surface area (Å²) < 4.78 is 24.8. The number of halogens is 1. The van der Waals surface area contributed by atoms with Crippen LogP contribution in [0.3, 0.4) is 0 Å². The van der Waals surface area contributed by atoms with Crippen LogP contribution < -0.4 is 10.1 Å². The number of carbonyl (C=O) groups excluding carboxylic acids is 2. The molecule has 1 heterocycles. The molecule has 0 aliphatic heterocycles. The Morgan fingerprint density at radius 1 is 1.13 bits per heavy atom. The van der Waals surface area contributed by atoms with E-state index in [2.05, 4.69) is 10.3 Å². The third-order valence-corrected chi connectivity index (χ3v) is 3.89. The Morgan fingerprint density at radius 2 is 1.93 bits per heavy atom. The molecule has 7 heteroatoms. The normalized spacial score (nSPS) is 10.6. The first-order valence-corrected chi connectivity index (χ1v) is 9.08. The number of carbonyl (C=O) groups is 2. The molecular weight excluding hydrogens is 387 g/mol. The summed E-state index contributed by atoms with van der Waals surface area (Å²) in [5.41, 5.74) is 1.92. The van der Waals surface area contributed by atoms with E-state index in [1.165, 1.54) is 37.4 Å². The molecule has 0 spiro atoms. The van der Waals surface area contributed by atoms with Gasteiger partial charge in [0.2, 0.25) is 5.91 Å². The fourth-order valence-corrected chi connectivity index (χ4v) is 2.49. The SMILES string of the molecule is CC(=O)Nc1ccc(COC(=O)/C=C/c2ccc(Oc3cccnc3)c(F)c2)cc1. The summed E-state index contributed by atoms with van der Waals surface area (Å²) in [6, 6.07) is 14.7. The van der Waals surface area contributed by atoms with Crippen molar-refractivity contribution in [2.75, 3.05) is 5.32 Å². The topological polar surface area (TPSA) is 77.5 Å². The van der Waals surface area contributed by atoms with Crippen LogP contribution in [0, 0.1) is 5.82 Å². The minimum atomic E-state index is -0.561. The maximum Gasteiger partial charge on any atom is 0.331 e.